The van der Waals surface area contributed by atoms with Crippen molar-refractivity contribution in [1.29, 1.82) is 0 Å². The molecule has 0 atom stereocenters. The maximum Gasteiger partial charge on any atom is 0.0574 e. The molecule has 1 nitrogen and oxygen atoms in total. The molecule has 0 amide bonds. The van der Waals surface area contributed by atoms with Crippen LogP contribution in [0, 0.1) is 12.5 Å². The van der Waals surface area contributed by atoms with E-state index < -0.39 is 0 Å². The Bertz CT molecular complexity index is 664. The zero-order chi connectivity index (χ0) is 13.8. The van der Waals surface area contributed by atoms with Crippen molar-refractivity contribution in [3.05, 3.63) is 78.5 Å². The quantitative estimate of drug-likeness (QED) is 0.580. The zero-order valence-corrected chi connectivity index (χ0v) is 11.2. The monoisotopic (exact) mass is 257 g/mol. The molecule has 0 fully saturated rings. The molecule has 0 aromatic heterocycles. The molecule has 20 heavy (non-hydrogen) atoms. The summed E-state index contributed by atoms with van der Waals surface area (Å²) in [6.07, 6.45) is 12.5. The molecule has 0 bridgehead atoms. The fourth-order valence-corrected chi connectivity index (χ4v) is 2.17. The number of fused-ring (bicyclic) bond motifs is 1. The molecule has 0 radical (unpaired) electrons. The lowest BCUT2D eigenvalue weighted by Gasteiger charge is -2.19. The van der Waals surface area contributed by atoms with E-state index in [1.165, 1.54) is 11.1 Å². The van der Waals surface area contributed by atoms with Gasteiger partial charge in [0.25, 0.3) is 0 Å². The van der Waals surface area contributed by atoms with Gasteiger partial charge in [-0.05, 0) is 23.1 Å². The van der Waals surface area contributed by atoms with Crippen LogP contribution in [0.3, 0.4) is 0 Å². The largest absolute Gasteiger partial charge is 0.277 e. The third-order valence-electron chi connectivity index (χ3n) is 3.39. The lowest BCUT2D eigenvalue weighted by Crippen LogP contribution is -2.10. The minimum atomic E-state index is 0.947. The van der Waals surface area contributed by atoms with Crippen LogP contribution < -0.4 is 0 Å². The molecule has 96 valence electrons. The summed E-state index contributed by atoms with van der Waals surface area (Å²) in [5, 5.41) is 0. The number of terminal acetylenes is 1. The Morgan fingerprint density at radius 2 is 1.50 bits per heavy atom. The summed E-state index contributed by atoms with van der Waals surface area (Å²) in [5.41, 5.74) is 5.11. The van der Waals surface area contributed by atoms with Crippen LogP contribution in [-0.2, 0) is 0 Å². The molecule has 1 aliphatic heterocycles. The van der Waals surface area contributed by atoms with Gasteiger partial charge < -0.3 is 0 Å². The van der Waals surface area contributed by atoms with Crippen molar-refractivity contribution in [1.82, 2.24) is 4.90 Å². The van der Waals surface area contributed by atoms with Crippen molar-refractivity contribution in [3.8, 4) is 23.6 Å². The van der Waals surface area contributed by atoms with Crippen LogP contribution in [0.2, 0.25) is 0 Å². The topological polar surface area (TPSA) is 3.24 Å². The van der Waals surface area contributed by atoms with E-state index in [0.29, 0.717) is 0 Å². The van der Waals surface area contributed by atoms with Crippen LogP contribution in [0.4, 0.5) is 0 Å². The summed E-state index contributed by atoms with van der Waals surface area (Å²) >= 11 is 0. The molecule has 1 aromatic carbocycles. The Kier molecular flexibility index (Phi) is 3.39. The van der Waals surface area contributed by atoms with E-state index in [9.17, 15) is 0 Å². The van der Waals surface area contributed by atoms with Gasteiger partial charge in [0.1, 0.15) is 0 Å². The van der Waals surface area contributed by atoms with E-state index in [-0.39, 0.29) is 0 Å². The molecule has 0 unspecified atom stereocenters. The lowest BCUT2D eigenvalue weighted by atomic mass is 9.95. The van der Waals surface area contributed by atoms with Gasteiger partial charge in [0, 0.05) is 12.2 Å². The fraction of sp³-hybridized carbons (Fsp3) is 0.0526. The number of allylic oxidation sites excluding steroid dienone is 2. The van der Waals surface area contributed by atoms with Gasteiger partial charge in [0.05, 0.1) is 5.70 Å². The molecule has 0 N–H and O–H groups in total. The molecule has 1 heterocycles. The van der Waals surface area contributed by atoms with Crippen LogP contribution in [-0.4, -0.2) is 4.90 Å². The van der Waals surface area contributed by atoms with E-state index >= 15 is 0 Å². The van der Waals surface area contributed by atoms with Crippen LogP contribution >= 0.6 is 0 Å². The summed E-state index contributed by atoms with van der Waals surface area (Å²) in [5.74, 6) is 0. The highest BCUT2D eigenvalue weighted by Crippen LogP contribution is 2.29. The van der Waals surface area contributed by atoms with Gasteiger partial charge in [0.15, 0.2) is 0 Å². The minimum absolute atomic E-state index is 0.947. The molecule has 2 aliphatic carbocycles. The first-order chi connectivity index (χ1) is 9.88. The highest BCUT2D eigenvalue weighted by Gasteiger charge is 2.08. The Balaban J connectivity index is 0.000000165. The molecule has 1 heteroatoms. The third-order valence-corrected chi connectivity index (χ3v) is 3.39. The van der Waals surface area contributed by atoms with Crippen molar-refractivity contribution in [2.45, 2.75) is 6.42 Å². The standard InChI is InChI=1S/C13H11N.C6H4/c1-2-14-11-7-6-10-13(14)12-8-4-3-5-9-12;1-2-6-4-3-5(1)6/h1,3-5,7-11H,6H2;1-4H. The average molecular weight is 257 g/mol. The van der Waals surface area contributed by atoms with Gasteiger partial charge >= 0.3 is 0 Å². The molecule has 3 aliphatic rings. The predicted molar refractivity (Wildman–Crippen MR) is 84.3 cm³/mol. The number of hydrogen-bond acceptors (Lipinski definition) is 1. The van der Waals surface area contributed by atoms with Crippen LogP contribution in [0.15, 0.2) is 72.9 Å². The first-order valence-corrected chi connectivity index (χ1v) is 6.66. The molecule has 4 rings (SSSR count). The highest BCUT2D eigenvalue weighted by molar-refractivity contribution is 5.75. The van der Waals surface area contributed by atoms with Gasteiger partial charge in [-0.1, -0.05) is 73.2 Å². The Morgan fingerprint density at radius 3 is 2.00 bits per heavy atom. The van der Waals surface area contributed by atoms with E-state index in [1.54, 1.807) is 4.90 Å². The second kappa shape index (κ2) is 5.50. The van der Waals surface area contributed by atoms with Gasteiger partial charge in [0.2, 0.25) is 0 Å². The second-order valence-electron chi connectivity index (χ2n) is 4.65. The normalized spacial score (nSPS) is 13.8. The van der Waals surface area contributed by atoms with Crippen molar-refractivity contribution in [2.75, 3.05) is 0 Å². The van der Waals surface area contributed by atoms with Gasteiger partial charge in [-0.25, -0.2) is 0 Å². The predicted octanol–water partition coefficient (Wildman–Crippen LogP) is 4.50. The molecular weight excluding hydrogens is 242 g/mol. The average Bonchev–Trinajstić information content (AvgIpc) is 2.52. The number of nitrogens with zero attached hydrogens (tertiary/aromatic N) is 1. The number of rotatable bonds is 1. The van der Waals surface area contributed by atoms with Crippen molar-refractivity contribution in [2.24, 2.45) is 0 Å². The highest BCUT2D eigenvalue weighted by atomic mass is 15.1. The van der Waals surface area contributed by atoms with Gasteiger partial charge in [-0.3, -0.25) is 4.90 Å². The fourth-order valence-electron chi connectivity index (χ4n) is 2.17. The summed E-state index contributed by atoms with van der Waals surface area (Å²) in [6.45, 7) is 0. The van der Waals surface area contributed by atoms with Gasteiger partial charge in [-0.2, -0.15) is 0 Å². The zero-order valence-electron chi connectivity index (χ0n) is 11.2. The van der Waals surface area contributed by atoms with Crippen LogP contribution in [0.25, 0.3) is 16.8 Å². The smallest absolute Gasteiger partial charge is 0.0574 e. The second-order valence-corrected chi connectivity index (χ2v) is 4.65. The Labute approximate surface area is 119 Å². The van der Waals surface area contributed by atoms with E-state index in [0.717, 1.165) is 17.7 Å². The van der Waals surface area contributed by atoms with E-state index in [4.69, 9.17) is 6.42 Å². The number of benzene rings is 2. The maximum absolute atomic E-state index is 5.41. The minimum Gasteiger partial charge on any atom is -0.277 e. The van der Waals surface area contributed by atoms with Crippen LogP contribution in [0.5, 0.6) is 0 Å². The molecule has 0 saturated heterocycles. The van der Waals surface area contributed by atoms with E-state index in [2.05, 4.69) is 48.5 Å². The number of hydrogen-bond donors (Lipinski definition) is 0. The van der Waals surface area contributed by atoms with Crippen LogP contribution in [0.1, 0.15) is 12.0 Å². The third kappa shape index (κ3) is 2.37. The van der Waals surface area contributed by atoms with Gasteiger partial charge in [-0.15, -0.1) is 0 Å². The first kappa shape index (κ1) is 12.3. The summed E-state index contributed by atoms with van der Waals surface area (Å²) in [7, 11) is 0. The summed E-state index contributed by atoms with van der Waals surface area (Å²) in [4.78, 5) is 1.80. The van der Waals surface area contributed by atoms with Crippen molar-refractivity contribution >= 4 is 5.70 Å². The molecule has 0 spiro atoms. The van der Waals surface area contributed by atoms with Crippen molar-refractivity contribution in [3.63, 3.8) is 0 Å². The SMILES string of the molecule is C#CN1C=CCC=C1c1ccccc1.c1cc2ccc1-2. The van der Waals surface area contributed by atoms with Crippen molar-refractivity contribution < 1.29 is 0 Å². The molecular formula is C19H15N. The van der Waals surface area contributed by atoms with E-state index in [1.807, 2.05) is 30.5 Å². The molecule has 0 saturated carbocycles. The lowest BCUT2D eigenvalue weighted by molar-refractivity contribution is 0.746. The Hall–Kier alpha value is -2.72. The molecule has 1 aromatic rings. The summed E-state index contributed by atoms with van der Waals surface area (Å²) in [6, 6.07) is 21.3. The summed E-state index contributed by atoms with van der Waals surface area (Å²) < 4.78 is 0. The Morgan fingerprint density at radius 1 is 0.850 bits per heavy atom. The first-order valence-electron chi connectivity index (χ1n) is 6.66. The maximum atomic E-state index is 5.41.